The Morgan fingerprint density at radius 1 is 0.971 bits per heavy atom. The van der Waals surface area contributed by atoms with Crippen LogP contribution in [-0.4, -0.2) is 31.7 Å². The lowest BCUT2D eigenvalue weighted by Gasteiger charge is -2.26. The summed E-state index contributed by atoms with van der Waals surface area (Å²) in [7, 11) is 0. The molecule has 0 aliphatic carbocycles. The number of nitrogens with zero attached hydrogens (tertiary/aromatic N) is 1. The molecule has 4 rings (SSSR count). The van der Waals surface area contributed by atoms with Gasteiger partial charge in [0.25, 0.3) is 11.8 Å². The fourth-order valence-corrected chi connectivity index (χ4v) is 3.87. The Morgan fingerprint density at radius 3 is 2.60 bits per heavy atom. The fraction of sp³-hybridized carbons (Fsp3) is 0.333. The summed E-state index contributed by atoms with van der Waals surface area (Å²) in [6.07, 6.45) is 4.47. The second-order valence-corrected chi connectivity index (χ2v) is 8.36. The number of carbonyl (C=O) groups is 2. The predicted molar refractivity (Wildman–Crippen MR) is 134 cm³/mol. The lowest BCUT2D eigenvalue weighted by atomic mass is 10.1. The van der Waals surface area contributed by atoms with Gasteiger partial charge in [-0.1, -0.05) is 20.3 Å². The molecule has 8 heteroatoms. The van der Waals surface area contributed by atoms with Crippen LogP contribution in [0.3, 0.4) is 0 Å². The number of amides is 2. The van der Waals surface area contributed by atoms with Crippen molar-refractivity contribution in [3.63, 3.8) is 0 Å². The van der Waals surface area contributed by atoms with Crippen LogP contribution in [0.5, 0.6) is 11.5 Å². The van der Waals surface area contributed by atoms with Crippen LogP contribution in [0, 0.1) is 0 Å². The molecule has 8 nitrogen and oxygen atoms in total. The Labute approximate surface area is 205 Å². The summed E-state index contributed by atoms with van der Waals surface area (Å²) in [5, 5.41) is 5.87. The number of hydrogen-bond acceptors (Lipinski definition) is 6. The second-order valence-electron chi connectivity index (χ2n) is 8.36. The SMILES string of the molecule is CCCCN(Cc1ccco1)c1ccc(NC(=O)c2ccc3c(c2)OCO3)cc1C(=O)NCCC. The number of anilines is 2. The summed E-state index contributed by atoms with van der Waals surface area (Å²) in [6.45, 7) is 6.17. The molecule has 3 aromatic rings. The molecule has 0 saturated carbocycles. The number of ether oxygens (including phenoxy) is 2. The third-order valence-corrected chi connectivity index (χ3v) is 5.72. The molecule has 1 aliphatic rings. The molecular weight excluding hydrogens is 446 g/mol. The molecule has 0 atom stereocenters. The minimum Gasteiger partial charge on any atom is -0.467 e. The van der Waals surface area contributed by atoms with Crippen molar-refractivity contribution in [3.05, 3.63) is 71.7 Å². The van der Waals surface area contributed by atoms with Gasteiger partial charge in [-0.05, 0) is 61.4 Å². The molecule has 0 spiro atoms. The van der Waals surface area contributed by atoms with Crippen molar-refractivity contribution in [1.82, 2.24) is 5.32 Å². The third-order valence-electron chi connectivity index (χ3n) is 5.72. The number of benzene rings is 2. The Kier molecular flexibility index (Phi) is 7.92. The minimum atomic E-state index is -0.297. The lowest BCUT2D eigenvalue weighted by molar-refractivity contribution is 0.0952. The van der Waals surface area contributed by atoms with Crippen molar-refractivity contribution in [3.8, 4) is 11.5 Å². The Bertz CT molecular complexity index is 1160. The monoisotopic (exact) mass is 477 g/mol. The lowest BCUT2D eigenvalue weighted by Crippen LogP contribution is -2.30. The summed E-state index contributed by atoms with van der Waals surface area (Å²) in [5.41, 5.74) is 2.28. The van der Waals surface area contributed by atoms with Crippen LogP contribution >= 0.6 is 0 Å². The Balaban J connectivity index is 1.61. The van der Waals surface area contributed by atoms with Crippen molar-refractivity contribution < 1.29 is 23.5 Å². The molecule has 0 saturated heterocycles. The highest BCUT2D eigenvalue weighted by atomic mass is 16.7. The first kappa shape index (κ1) is 24.2. The van der Waals surface area contributed by atoms with E-state index in [1.54, 1.807) is 30.5 Å². The summed E-state index contributed by atoms with van der Waals surface area (Å²) < 4.78 is 16.3. The van der Waals surface area contributed by atoms with Crippen LogP contribution in [0.15, 0.2) is 59.2 Å². The first-order valence-corrected chi connectivity index (χ1v) is 12.0. The van der Waals surface area contributed by atoms with Gasteiger partial charge in [-0.25, -0.2) is 0 Å². The standard InChI is InChI=1S/C27H31N3O5/c1-3-5-13-30(17-21-7-6-14-33-21)23-10-9-20(16-22(23)27(32)28-12-4-2)29-26(31)19-8-11-24-25(15-19)35-18-34-24/h6-11,14-16H,3-5,12-13,17-18H2,1-2H3,(H,28,32)(H,29,31). The van der Waals surface area contributed by atoms with Gasteiger partial charge in [0, 0.05) is 24.3 Å². The number of nitrogens with one attached hydrogen (secondary N) is 2. The van der Waals surface area contributed by atoms with Crippen LogP contribution in [0.4, 0.5) is 11.4 Å². The van der Waals surface area contributed by atoms with Gasteiger partial charge in [-0.2, -0.15) is 0 Å². The molecule has 2 amide bonds. The number of unbranched alkanes of at least 4 members (excludes halogenated alkanes) is 1. The van der Waals surface area contributed by atoms with E-state index in [4.69, 9.17) is 13.9 Å². The Hall–Kier alpha value is -3.94. The maximum absolute atomic E-state index is 13.1. The van der Waals surface area contributed by atoms with Crippen molar-refractivity contribution in [2.24, 2.45) is 0 Å². The van der Waals surface area contributed by atoms with Crippen molar-refractivity contribution in [2.75, 3.05) is 30.1 Å². The molecule has 2 heterocycles. The molecule has 0 radical (unpaired) electrons. The molecule has 35 heavy (non-hydrogen) atoms. The summed E-state index contributed by atoms with van der Waals surface area (Å²) in [6, 6.07) is 14.3. The van der Waals surface area contributed by atoms with Gasteiger partial charge in [-0.15, -0.1) is 0 Å². The van der Waals surface area contributed by atoms with Crippen LogP contribution in [0.2, 0.25) is 0 Å². The molecular formula is C27H31N3O5. The molecule has 0 fully saturated rings. The van der Waals surface area contributed by atoms with E-state index in [0.717, 1.165) is 37.3 Å². The summed E-state index contributed by atoms with van der Waals surface area (Å²) in [4.78, 5) is 28.2. The zero-order chi connectivity index (χ0) is 24.6. The molecule has 1 aromatic heterocycles. The molecule has 2 N–H and O–H groups in total. The number of furan rings is 1. The maximum Gasteiger partial charge on any atom is 0.255 e. The average Bonchev–Trinajstić information content (AvgIpc) is 3.56. The van der Waals surface area contributed by atoms with E-state index >= 15 is 0 Å². The van der Waals surface area contributed by atoms with Gasteiger partial charge in [0.2, 0.25) is 6.79 Å². The van der Waals surface area contributed by atoms with Gasteiger partial charge in [-0.3, -0.25) is 9.59 Å². The fourth-order valence-electron chi connectivity index (χ4n) is 3.87. The number of rotatable bonds is 11. The van der Waals surface area contributed by atoms with Crippen LogP contribution in [0.1, 0.15) is 59.6 Å². The van der Waals surface area contributed by atoms with E-state index < -0.39 is 0 Å². The van der Waals surface area contributed by atoms with E-state index in [0.29, 0.717) is 41.4 Å². The van der Waals surface area contributed by atoms with Gasteiger partial charge < -0.3 is 29.4 Å². The number of fused-ring (bicyclic) bond motifs is 1. The van der Waals surface area contributed by atoms with E-state index in [-0.39, 0.29) is 18.6 Å². The quantitative estimate of drug-likeness (QED) is 0.394. The van der Waals surface area contributed by atoms with Crippen LogP contribution in [0.25, 0.3) is 0 Å². The largest absolute Gasteiger partial charge is 0.467 e. The molecule has 2 aromatic carbocycles. The predicted octanol–water partition coefficient (Wildman–Crippen LogP) is 5.21. The smallest absolute Gasteiger partial charge is 0.255 e. The highest BCUT2D eigenvalue weighted by Crippen LogP contribution is 2.33. The van der Waals surface area contributed by atoms with Gasteiger partial charge in [0.05, 0.1) is 24.1 Å². The summed E-state index contributed by atoms with van der Waals surface area (Å²) >= 11 is 0. The molecule has 184 valence electrons. The average molecular weight is 478 g/mol. The third kappa shape index (κ3) is 5.95. The van der Waals surface area contributed by atoms with Crippen molar-refractivity contribution in [2.45, 2.75) is 39.7 Å². The minimum absolute atomic E-state index is 0.143. The topological polar surface area (TPSA) is 93.0 Å². The molecule has 1 aliphatic heterocycles. The van der Waals surface area contributed by atoms with Crippen molar-refractivity contribution >= 4 is 23.2 Å². The van der Waals surface area contributed by atoms with Gasteiger partial charge >= 0.3 is 0 Å². The second kappa shape index (κ2) is 11.5. The van der Waals surface area contributed by atoms with Gasteiger partial charge in [0.15, 0.2) is 11.5 Å². The van der Waals surface area contributed by atoms with E-state index in [9.17, 15) is 9.59 Å². The number of carbonyl (C=O) groups excluding carboxylic acids is 2. The van der Waals surface area contributed by atoms with Crippen LogP contribution in [-0.2, 0) is 6.54 Å². The first-order chi connectivity index (χ1) is 17.1. The van der Waals surface area contributed by atoms with E-state index in [1.165, 1.54) is 0 Å². The normalized spacial score (nSPS) is 11.8. The van der Waals surface area contributed by atoms with Crippen molar-refractivity contribution in [1.29, 1.82) is 0 Å². The highest BCUT2D eigenvalue weighted by molar-refractivity contribution is 6.06. The molecule has 0 bridgehead atoms. The van der Waals surface area contributed by atoms with Gasteiger partial charge in [0.1, 0.15) is 5.76 Å². The zero-order valence-corrected chi connectivity index (χ0v) is 20.1. The first-order valence-electron chi connectivity index (χ1n) is 12.0. The Morgan fingerprint density at radius 2 is 1.83 bits per heavy atom. The highest BCUT2D eigenvalue weighted by Gasteiger charge is 2.20. The number of hydrogen-bond donors (Lipinski definition) is 2. The van der Waals surface area contributed by atoms with E-state index in [2.05, 4.69) is 22.5 Å². The molecule has 0 unspecified atom stereocenters. The van der Waals surface area contributed by atoms with Crippen LogP contribution < -0.4 is 25.0 Å². The summed E-state index contributed by atoms with van der Waals surface area (Å²) in [5.74, 6) is 1.50. The van der Waals surface area contributed by atoms with E-state index in [1.807, 2.05) is 31.2 Å². The maximum atomic E-state index is 13.1. The zero-order valence-electron chi connectivity index (χ0n) is 20.1.